The molecular weight excluding hydrogens is 238 g/mol. The van der Waals surface area contributed by atoms with Crippen molar-refractivity contribution in [1.29, 1.82) is 0 Å². The van der Waals surface area contributed by atoms with Crippen LogP contribution in [-0.4, -0.2) is 14.5 Å². The molecule has 0 fully saturated rings. The van der Waals surface area contributed by atoms with Crippen LogP contribution in [0.3, 0.4) is 0 Å². The van der Waals surface area contributed by atoms with Gasteiger partial charge in [0, 0.05) is 11.6 Å². The maximum absolute atomic E-state index is 5.33. The summed E-state index contributed by atoms with van der Waals surface area (Å²) in [6.07, 6.45) is 1.81. The molecule has 0 saturated heterocycles. The van der Waals surface area contributed by atoms with Gasteiger partial charge in [-0.15, -0.1) is 0 Å². The molecule has 0 aromatic carbocycles. The molecule has 0 bridgehead atoms. The zero-order valence-electron chi connectivity index (χ0n) is 8.60. The lowest BCUT2D eigenvalue weighted by molar-refractivity contribution is 1.05. The van der Waals surface area contributed by atoms with E-state index in [1.54, 1.807) is 11.3 Å². The van der Waals surface area contributed by atoms with E-state index in [-0.39, 0.29) is 0 Å². The molecule has 0 aliphatic carbocycles. The summed E-state index contributed by atoms with van der Waals surface area (Å²) in [5.41, 5.74) is 4.13. The number of thiophene rings is 1. The van der Waals surface area contributed by atoms with Crippen molar-refractivity contribution in [1.82, 2.24) is 14.5 Å². The van der Waals surface area contributed by atoms with Crippen LogP contribution in [0.25, 0.3) is 16.9 Å². The predicted molar refractivity (Wildman–Crippen MR) is 68.9 cm³/mol. The highest BCUT2D eigenvalue weighted by molar-refractivity contribution is 7.71. The summed E-state index contributed by atoms with van der Waals surface area (Å²) in [5.74, 6) is 0. The molecule has 0 amide bonds. The maximum atomic E-state index is 5.33. The first-order valence-electron chi connectivity index (χ1n) is 4.86. The molecule has 16 heavy (non-hydrogen) atoms. The van der Waals surface area contributed by atoms with Gasteiger partial charge < -0.3 is 4.98 Å². The van der Waals surface area contributed by atoms with Crippen LogP contribution in [0.5, 0.6) is 0 Å². The van der Waals surface area contributed by atoms with Gasteiger partial charge in [0.1, 0.15) is 0 Å². The number of nitrogens with zero attached hydrogens (tertiary/aromatic N) is 2. The van der Waals surface area contributed by atoms with Crippen molar-refractivity contribution in [2.75, 3.05) is 0 Å². The minimum absolute atomic E-state index is 0.690. The van der Waals surface area contributed by atoms with E-state index >= 15 is 0 Å². The molecule has 0 unspecified atom stereocenters. The van der Waals surface area contributed by atoms with Crippen molar-refractivity contribution in [3.63, 3.8) is 0 Å². The van der Waals surface area contributed by atoms with E-state index in [0.717, 1.165) is 22.4 Å². The zero-order valence-corrected chi connectivity index (χ0v) is 10.2. The number of hydrogen-bond acceptors (Lipinski definition) is 3. The summed E-state index contributed by atoms with van der Waals surface area (Å²) >= 11 is 6.98. The third-order valence-electron chi connectivity index (χ3n) is 2.55. The Morgan fingerprint density at radius 2 is 2.31 bits per heavy atom. The highest BCUT2D eigenvalue weighted by atomic mass is 32.1. The quantitative estimate of drug-likeness (QED) is 0.668. The Hall–Kier alpha value is -1.46. The highest BCUT2D eigenvalue weighted by Crippen LogP contribution is 2.21. The number of rotatable bonds is 1. The monoisotopic (exact) mass is 247 g/mol. The van der Waals surface area contributed by atoms with Gasteiger partial charge in [-0.2, -0.15) is 11.3 Å². The van der Waals surface area contributed by atoms with Crippen LogP contribution in [0.1, 0.15) is 5.56 Å². The third kappa shape index (κ3) is 1.32. The number of pyridine rings is 1. The Labute approximate surface area is 101 Å². The van der Waals surface area contributed by atoms with Gasteiger partial charge in [0.25, 0.3) is 0 Å². The van der Waals surface area contributed by atoms with Crippen molar-refractivity contribution in [2.24, 2.45) is 0 Å². The maximum Gasteiger partial charge on any atom is 0.184 e. The lowest BCUT2D eigenvalue weighted by Gasteiger charge is -1.99. The van der Waals surface area contributed by atoms with Crippen LogP contribution in [0.4, 0.5) is 0 Å². The summed E-state index contributed by atoms with van der Waals surface area (Å²) in [4.78, 5) is 7.59. The molecule has 3 aromatic heterocycles. The average Bonchev–Trinajstić information content (AvgIpc) is 2.85. The molecule has 3 nitrogen and oxygen atoms in total. The Morgan fingerprint density at radius 3 is 3.06 bits per heavy atom. The lowest BCUT2D eigenvalue weighted by atomic mass is 10.3. The summed E-state index contributed by atoms with van der Waals surface area (Å²) in [7, 11) is 0. The number of imidazole rings is 1. The number of fused-ring (bicyclic) bond motifs is 1. The number of nitrogens with one attached hydrogen (secondary N) is 1. The van der Waals surface area contributed by atoms with Gasteiger partial charge in [-0.1, -0.05) is 0 Å². The molecule has 3 rings (SSSR count). The van der Waals surface area contributed by atoms with Gasteiger partial charge in [-0.3, -0.25) is 4.57 Å². The van der Waals surface area contributed by atoms with E-state index in [1.807, 2.05) is 35.2 Å². The van der Waals surface area contributed by atoms with Crippen LogP contribution in [-0.2, 0) is 0 Å². The largest absolute Gasteiger partial charge is 0.329 e. The highest BCUT2D eigenvalue weighted by Gasteiger charge is 2.09. The van der Waals surface area contributed by atoms with E-state index in [4.69, 9.17) is 12.2 Å². The molecule has 0 atom stereocenters. The normalized spacial score (nSPS) is 11.1. The number of hydrogen-bond donors (Lipinski definition) is 1. The minimum Gasteiger partial charge on any atom is -0.329 e. The molecule has 80 valence electrons. The molecule has 3 aromatic rings. The first kappa shape index (κ1) is 9.74. The molecule has 0 saturated carbocycles. The molecule has 0 aliphatic rings. The topological polar surface area (TPSA) is 33.6 Å². The van der Waals surface area contributed by atoms with E-state index in [2.05, 4.69) is 15.3 Å². The van der Waals surface area contributed by atoms with Gasteiger partial charge in [0.05, 0.1) is 11.2 Å². The second-order valence-electron chi connectivity index (χ2n) is 3.57. The predicted octanol–water partition coefficient (Wildman–Crippen LogP) is 3.45. The Bertz CT molecular complexity index is 692. The zero-order chi connectivity index (χ0) is 11.1. The van der Waals surface area contributed by atoms with E-state index < -0.39 is 0 Å². The van der Waals surface area contributed by atoms with Crippen LogP contribution >= 0.6 is 23.6 Å². The van der Waals surface area contributed by atoms with Crippen LogP contribution in [0.15, 0.2) is 29.1 Å². The van der Waals surface area contributed by atoms with E-state index in [0.29, 0.717) is 4.77 Å². The van der Waals surface area contributed by atoms with Crippen molar-refractivity contribution in [3.05, 3.63) is 39.4 Å². The second kappa shape index (κ2) is 3.54. The average molecular weight is 247 g/mol. The Kier molecular flexibility index (Phi) is 2.15. The number of aromatic amines is 1. The van der Waals surface area contributed by atoms with Gasteiger partial charge in [0.2, 0.25) is 0 Å². The van der Waals surface area contributed by atoms with Gasteiger partial charge in [-0.25, -0.2) is 4.98 Å². The Morgan fingerprint density at radius 1 is 1.44 bits per heavy atom. The van der Waals surface area contributed by atoms with Crippen LogP contribution < -0.4 is 0 Å². The molecular formula is C11H9N3S2. The first-order chi connectivity index (χ1) is 7.77. The SMILES string of the molecule is Cc1ccnc2c1[nH]c(=S)n2-c1ccsc1. The van der Waals surface area contributed by atoms with E-state index in [9.17, 15) is 0 Å². The fourth-order valence-electron chi connectivity index (χ4n) is 1.75. The molecule has 5 heteroatoms. The first-order valence-corrected chi connectivity index (χ1v) is 6.21. The molecule has 1 N–H and O–H groups in total. The second-order valence-corrected chi connectivity index (χ2v) is 4.74. The summed E-state index contributed by atoms with van der Waals surface area (Å²) < 4.78 is 2.66. The van der Waals surface area contributed by atoms with E-state index in [1.165, 1.54) is 0 Å². The third-order valence-corrected chi connectivity index (χ3v) is 3.51. The van der Waals surface area contributed by atoms with Crippen LogP contribution in [0, 0.1) is 11.7 Å². The number of aromatic nitrogens is 3. The molecule has 0 spiro atoms. The lowest BCUT2D eigenvalue weighted by Crippen LogP contribution is -1.93. The fourth-order valence-corrected chi connectivity index (χ4v) is 2.66. The van der Waals surface area contributed by atoms with Crippen molar-refractivity contribution in [2.45, 2.75) is 6.92 Å². The summed E-state index contributed by atoms with van der Waals surface area (Å²) in [6, 6.07) is 4.02. The number of H-pyrrole nitrogens is 1. The molecule has 3 heterocycles. The smallest absolute Gasteiger partial charge is 0.184 e. The van der Waals surface area contributed by atoms with Gasteiger partial charge >= 0.3 is 0 Å². The van der Waals surface area contributed by atoms with Crippen molar-refractivity contribution < 1.29 is 0 Å². The van der Waals surface area contributed by atoms with Gasteiger partial charge in [-0.05, 0) is 42.2 Å². The molecule has 0 radical (unpaired) electrons. The minimum atomic E-state index is 0.690. The van der Waals surface area contributed by atoms with Crippen molar-refractivity contribution >= 4 is 34.7 Å². The number of aryl methyl sites for hydroxylation is 1. The standard InChI is InChI=1S/C11H9N3S2/c1-7-2-4-12-10-9(7)13-11(15)14(10)8-3-5-16-6-8/h2-6H,1H3,(H,13,15). The van der Waals surface area contributed by atoms with Crippen molar-refractivity contribution in [3.8, 4) is 5.69 Å². The Balaban J connectivity index is 2.46. The molecule has 0 aliphatic heterocycles. The van der Waals surface area contributed by atoms with Crippen LogP contribution in [0.2, 0.25) is 0 Å². The fraction of sp³-hybridized carbons (Fsp3) is 0.0909. The van der Waals surface area contributed by atoms with Gasteiger partial charge in [0.15, 0.2) is 10.4 Å². The summed E-state index contributed by atoms with van der Waals surface area (Å²) in [6.45, 7) is 2.05. The summed E-state index contributed by atoms with van der Waals surface area (Å²) in [5, 5.41) is 4.10.